The summed E-state index contributed by atoms with van der Waals surface area (Å²) < 4.78 is 5.27. The molecular formula is C17H21ClN2O5. The molecule has 1 aromatic carbocycles. The molecular weight excluding hydrogens is 348 g/mol. The number of benzene rings is 1. The minimum atomic E-state index is -0.469. The van der Waals surface area contributed by atoms with Gasteiger partial charge in [-0.1, -0.05) is 0 Å². The van der Waals surface area contributed by atoms with Gasteiger partial charge in [0, 0.05) is 31.6 Å². The molecule has 1 amide bonds. The predicted molar refractivity (Wildman–Crippen MR) is 92.3 cm³/mol. The van der Waals surface area contributed by atoms with Crippen molar-refractivity contribution in [3.05, 3.63) is 39.9 Å². The van der Waals surface area contributed by atoms with Crippen LogP contribution in [0.15, 0.2) is 24.3 Å². The highest BCUT2D eigenvalue weighted by atomic mass is 35.5. The summed E-state index contributed by atoms with van der Waals surface area (Å²) in [6.07, 6.45) is 3.56. The lowest BCUT2D eigenvalue weighted by Crippen LogP contribution is -2.38. The first-order valence-corrected chi connectivity index (χ1v) is 8.67. The van der Waals surface area contributed by atoms with Crippen molar-refractivity contribution in [1.29, 1.82) is 0 Å². The van der Waals surface area contributed by atoms with E-state index in [1.54, 1.807) is 17.0 Å². The Morgan fingerprint density at radius 3 is 2.44 bits per heavy atom. The molecule has 1 fully saturated rings. The average Bonchev–Trinajstić information content (AvgIpc) is 2.60. The van der Waals surface area contributed by atoms with E-state index in [9.17, 15) is 19.7 Å². The van der Waals surface area contributed by atoms with Gasteiger partial charge in [0.1, 0.15) is 6.61 Å². The number of amides is 1. The smallest absolute Gasteiger partial charge is 0.410 e. The van der Waals surface area contributed by atoms with Crippen LogP contribution in [0, 0.1) is 16.0 Å². The van der Waals surface area contributed by atoms with E-state index in [-0.39, 0.29) is 23.6 Å². The lowest BCUT2D eigenvalue weighted by atomic mass is 9.92. The van der Waals surface area contributed by atoms with E-state index in [4.69, 9.17) is 16.3 Å². The van der Waals surface area contributed by atoms with Gasteiger partial charge in [0.05, 0.1) is 4.92 Å². The maximum atomic E-state index is 12.1. The van der Waals surface area contributed by atoms with Crippen molar-refractivity contribution in [3.63, 3.8) is 0 Å². The molecule has 0 radical (unpaired) electrons. The Bertz CT molecular complexity index is 612. The largest absolute Gasteiger partial charge is 0.445 e. The van der Waals surface area contributed by atoms with E-state index in [2.05, 4.69) is 0 Å². The first kappa shape index (κ1) is 19.2. The Hall–Kier alpha value is -2.15. The minimum Gasteiger partial charge on any atom is -0.445 e. The second-order valence-electron chi connectivity index (χ2n) is 6.16. The van der Waals surface area contributed by atoms with E-state index in [1.807, 2.05) is 0 Å². The maximum Gasteiger partial charge on any atom is 0.410 e. The molecule has 1 aromatic rings. The number of carbonyl (C=O) groups is 2. The van der Waals surface area contributed by atoms with E-state index in [0.29, 0.717) is 31.0 Å². The van der Waals surface area contributed by atoms with E-state index >= 15 is 0 Å². The van der Waals surface area contributed by atoms with Crippen LogP contribution in [-0.2, 0) is 16.1 Å². The van der Waals surface area contributed by atoms with Crippen LogP contribution in [0.4, 0.5) is 10.5 Å². The van der Waals surface area contributed by atoms with Gasteiger partial charge in [-0.3, -0.25) is 14.9 Å². The lowest BCUT2D eigenvalue weighted by Gasteiger charge is -2.31. The SMILES string of the molecule is O=C(Cl)CCCC1CCN(C(=O)OCc2ccc([N+](=O)[O-])cc2)CC1. The highest BCUT2D eigenvalue weighted by molar-refractivity contribution is 6.63. The van der Waals surface area contributed by atoms with Crippen molar-refractivity contribution in [2.45, 2.75) is 38.7 Å². The summed E-state index contributed by atoms with van der Waals surface area (Å²) in [5, 5.41) is 10.3. The number of ether oxygens (including phenoxy) is 1. The summed E-state index contributed by atoms with van der Waals surface area (Å²) >= 11 is 5.33. The Balaban J connectivity index is 1.70. The number of nitro groups is 1. The van der Waals surface area contributed by atoms with Crippen molar-refractivity contribution < 1.29 is 19.2 Å². The van der Waals surface area contributed by atoms with Gasteiger partial charge in [0.2, 0.25) is 5.24 Å². The van der Waals surface area contributed by atoms with E-state index in [0.717, 1.165) is 25.7 Å². The molecule has 0 aromatic heterocycles. The summed E-state index contributed by atoms with van der Waals surface area (Å²) in [5.74, 6) is 0.509. The molecule has 0 bridgehead atoms. The molecule has 1 heterocycles. The Morgan fingerprint density at radius 2 is 1.88 bits per heavy atom. The number of carbonyl (C=O) groups excluding carboxylic acids is 2. The molecule has 0 N–H and O–H groups in total. The predicted octanol–water partition coefficient (Wildman–Crippen LogP) is 3.88. The maximum absolute atomic E-state index is 12.1. The second kappa shape index (κ2) is 9.36. The van der Waals surface area contributed by atoms with Crippen LogP contribution in [0.25, 0.3) is 0 Å². The molecule has 1 aliphatic rings. The molecule has 136 valence electrons. The summed E-state index contributed by atoms with van der Waals surface area (Å²) in [6, 6.07) is 5.94. The fourth-order valence-electron chi connectivity index (χ4n) is 2.88. The van der Waals surface area contributed by atoms with Gasteiger partial charge < -0.3 is 9.64 Å². The highest BCUT2D eigenvalue weighted by Crippen LogP contribution is 2.23. The van der Waals surface area contributed by atoms with Gasteiger partial charge >= 0.3 is 6.09 Å². The molecule has 8 heteroatoms. The third-order valence-electron chi connectivity index (χ3n) is 4.37. The molecule has 0 spiro atoms. The van der Waals surface area contributed by atoms with Gasteiger partial charge in [0.25, 0.3) is 5.69 Å². The minimum absolute atomic E-state index is 0.00742. The molecule has 7 nitrogen and oxygen atoms in total. The average molecular weight is 369 g/mol. The summed E-state index contributed by atoms with van der Waals surface area (Å²) in [7, 11) is 0. The molecule has 0 unspecified atom stereocenters. The van der Waals surface area contributed by atoms with Crippen LogP contribution in [0.2, 0.25) is 0 Å². The number of rotatable bonds is 7. The normalized spacial score (nSPS) is 15.0. The monoisotopic (exact) mass is 368 g/mol. The molecule has 2 rings (SSSR count). The van der Waals surface area contributed by atoms with Gasteiger partial charge in [-0.05, 0) is 60.9 Å². The van der Waals surface area contributed by atoms with Gasteiger partial charge in [-0.2, -0.15) is 0 Å². The van der Waals surface area contributed by atoms with Crippen molar-refractivity contribution in [1.82, 2.24) is 4.90 Å². The van der Waals surface area contributed by atoms with Crippen molar-refractivity contribution in [2.24, 2.45) is 5.92 Å². The number of hydrogen-bond donors (Lipinski definition) is 0. The molecule has 1 saturated heterocycles. The number of non-ortho nitro benzene ring substituents is 1. The van der Waals surface area contributed by atoms with E-state index in [1.165, 1.54) is 12.1 Å². The van der Waals surface area contributed by atoms with Gasteiger partial charge in [-0.15, -0.1) is 0 Å². The third kappa shape index (κ3) is 6.34. The molecule has 0 atom stereocenters. The zero-order chi connectivity index (χ0) is 18.2. The van der Waals surface area contributed by atoms with Gasteiger partial charge in [-0.25, -0.2) is 4.79 Å². The first-order chi connectivity index (χ1) is 12.0. The fraction of sp³-hybridized carbons (Fsp3) is 0.529. The van der Waals surface area contributed by atoms with Crippen molar-refractivity contribution in [2.75, 3.05) is 13.1 Å². The Morgan fingerprint density at radius 1 is 1.24 bits per heavy atom. The quantitative estimate of drug-likeness (QED) is 0.414. The van der Waals surface area contributed by atoms with Crippen LogP contribution in [0.1, 0.15) is 37.7 Å². The third-order valence-corrected chi connectivity index (χ3v) is 4.56. The number of nitro benzene ring substituents is 1. The van der Waals surface area contributed by atoms with Crippen LogP contribution >= 0.6 is 11.6 Å². The Kier molecular flexibility index (Phi) is 7.18. The molecule has 1 aliphatic heterocycles. The number of piperidine rings is 1. The van der Waals surface area contributed by atoms with Crippen LogP contribution in [-0.4, -0.2) is 34.2 Å². The van der Waals surface area contributed by atoms with Crippen LogP contribution < -0.4 is 0 Å². The lowest BCUT2D eigenvalue weighted by molar-refractivity contribution is -0.384. The Labute approximate surface area is 151 Å². The first-order valence-electron chi connectivity index (χ1n) is 8.29. The summed E-state index contributed by atoms with van der Waals surface area (Å²) in [6.45, 7) is 1.37. The summed E-state index contributed by atoms with van der Waals surface area (Å²) in [5.41, 5.74) is 0.715. The topological polar surface area (TPSA) is 89.8 Å². The van der Waals surface area contributed by atoms with Crippen LogP contribution in [0.3, 0.4) is 0 Å². The zero-order valence-electron chi connectivity index (χ0n) is 13.9. The number of halogens is 1. The zero-order valence-corrected chi connectivity index (χ0v) is 14.6. The standard InChI is InChI=1S/C17H21ClN2O5/c18-16(21)3-1-2-13-8-10-19(11-9-13)17(22)25-12-14-4-6-15(7-5-14)20(23)24/h4-7,13H,1-3,8-12H2. The van der Waals surface area contributed by atoms with Crippen molar-refractivity contribution in [3.8, 4) is 0 Å². The fourth-order valence-corrected chi connectivity index (χ4v) is 3.02. The molecule has 25 heavy (non-hydrogen) atoms. The van der Waals surface area contributed by atoms with E-state index < -0.39 is 4.92 Å². The number of hydrogen-bond acceptors (Lipinski definition) is 5. The number of nitrogens with zero attached hydrogens (tertiary/aromatic N) is 2. The number of likely N-dealkylation sites (tertiary alicyclic amines) is 1. The molecule has 0 saturated carbocycles. The second-order valence-corrected chi connectivity index (χ2v) is 6.58. The summed E-state index contributed by atoms with van der Waals surface area (Å²) in [4.78, 5) is 34.6. The van der Waals surface area contributed by atoms with Crippen LogP contribution in [0.5, 0.6) is 0 Å². The van der Waals surface area contributed by atoms with Gasteiger partial charge in [0.15, 0.2) is 0 Å². The highest BCUT2D eigenvalue weighted by Gasteiger charge is 2.23. The van der Waals surface area contributed by atoms with Crippen molar-refractivity contribution >= 4 is 28.6 Å². The molecule has 0 aliphatic carbocycles.